The van der Waals surface area contributed by atoms with Crippen molar-refractivity contribution in [3.63, 3.8) is 0 Å². The number of rotatable bonds is 6. The maximum atomic E-state index is 12.5. The number of anilines is 1. The minimum Gasteiger partial charge on any atom is -0.493 e. The first kappa shape index (κ1) is 17.2. The Labute approximate surface area is 150 Å². The van der Waals surface area contributed by atoms with Gasteiger partial charge in [0.05, 0.1) is 24.4 Å². The first-order valence-electron chi connectivity index (χ1n) is 7.95. The summed E-state index contributed by atoms with van der Waals surface area (Å²) in [4.78, 5) is 18.7. The third kappa shape index (κ3) is 3.74. The molecule has 0 aliphatic heterocycles. The van der Waals surface area contributed by atoms with E-state index in [2.05, 4.69) is 4.98 Å². The first-order chi connectivity index (χ1) is 12.1. The van der Waals surface area contributed by atoms with E-state index in [-0.39, 0.29) is 5.91 Å². The fourth-order valence-electron chi connectivity index (χ4n) is 2.57. The molecule has 0 saturated carbocycles. The minimum absolute atomic E-state index is 0.0360. The summed E-state index contributed by atoms with van der Waals surface area (Å²) in [7, 11) is 4.98. The molecule has 0 bridgehead atoms. The number of benzene rings is 2. The van der Waals surface area contributed by atoms with Crippen LogP contribution < -0.4 is 14.4 Å². The van der Waals surface area contributed by atoms with Crippen LogP contribution in [0.2, 0.25) is 0 Å². The zero-order valence-corrected chi connectivity index (χ0v) is 15.3. The number of nitrogens with zero attached hydrogens (tertiary/aromatic N) is 2. The number of amides is 1. The quantitative estimate of drug-likeness (QED) is 0.672. The van der Waals surface area contributed by atoms with Gasteiger partial charge >= 0.3 is 0 Å². The molecular weight excluding hydrogens is 336 g/mol. The predicted molar refractivity (Wildman–Crippen MR) is 101 cm³/mol. The van der Waals surface area contributed by atoms with Gasteiger partial charge in [-0.05, 0) is 36.2 Å². The van der Waals surface area contributed by atoms with Crippen LogP contribution >= 0.6 is 11.3 Å². The first-order valence-corrected chi connectivity index (χ1v) is 8.77. The number of carbonyl (C=O) groups excluding carboxylic acids is 1. The molecule has 0 aliphatic rings. The summed E-state index contributed by atoms with van der Waals surface area (Å²) in [5, 5.41) is 0.721. The van der Waals surface area contributed by atoms with Gasteiger partial charge in [0, 0.05) is 13.5 Å². The van der Waals surface area contributed by atoms with Gasteiger partial charge in [0.1, 0.15) is 0 Å². The molecular formula is C19H20N2O3S. The van der Waals surface area contributed by atoms with Gasteiger partial charge in [-0.25, -0.2) is 4.98 Å². The van der Waals surface area contributed by atoms with Crippen molar-refractivity contribution in [3.05, 3.63) is 48.0 Å². The Bertz CT molecular complexity index is 858. The summed E-state index contributed by atoms with van der Waals surface area (Å²) in [5.74, 6) is 1.39. The van der Waals surface area contributed by atoms with E-state index in [4.69, 9.17) is 9.47 Å². The molecule has 1 aromatic heterocycles. The number of aryl methyl sites for hydroxylation is 1. The highest BCUT2D eigenvalue weighted by molar-refractivity contribution is 7.22. The number of thiazole rings is 1. The predicted octanol–water partition coefficient (Wildman–Crippen LogP) is 3.91. The van der Waals surface area contributed by atoms with Crippen LogP contribution in [0.15, 0.2) is 42.5 Å². The molecule has 0 fully saturated rings. The zero-order valence-electron chi connectivity index (χ0n) is 14.5. The van der Waals surface area contributed by atoms with Crippen LogP contribution in [0.4, 0.5) is 5.13 Å². The third-order valence-electron chi connectivity index (χ3n) is 4.02. The summed E-state index contributed by atoms with van der Waals surface area (Å²) in [6.07, 6.45) is 1.04. The second-order valence-corrected chi connectivity index (χ2v) is 6.62. The Balaban J connectivity index is 1.67. The van der Waals surface area contributed by atoms with Crippen molar-refractivity contribution in [1.82, 2.24) is 4.98 Å². The number of hydrogen-bond donors (Lipinski definition) is 0. The highest BCUT2D eigenvalue weighted by Gasteiger charge is 2.15. The molecule has 0 saturated heterocycles. The Morgan fingerprint density at radius 3 is 2.60 bits per heavy atom. The topological polar surface area (TPSA) is 51.7 Å². The standard InChI is InChI=1S/C19H20N2O3S/c1-21(19-20-14-6-4-5-7-17(14)25-19)18(22)11-9-13-8-10-15(23-2)16(12-13)24-3/h4-8,10,12H,9,11H2,1-3H3. The minimum atomic E-state index is 0.0360. The van der Waals surface area contributed by atoms with Crippen LogP contribution in [0.3, 0.4) is 0 Å². The molecule has 5 nitrogen and oxygen atoms in total. The molecule has 3 rings (SSSR count). The molecule has 0 spiro atoms. The smallest absolute Gasteiger partial charge is 0.228 e. The molecule has 6 heteroatoms. The van der Waals surface area contributed by atoms with Crippen molar-refractivity contribution < 1.29 is 14.3 Å². The van der Waals surface area contributed by atoms with Gasteiger partial charge in [-0.2, -0.15) is 0 Å². The highest BCUT2D eigenvalue weighted by Crippen LogP contribution is 2.29. The average molecular weight is 356 g/mol. The highest BCUT2D eigenvalue weighted by atomic mass is 32.1. The summed E-state index contributed by atoms with van der Waals surface area (Å²) in [6.45, 7) is 0. The van der Waals surface area contributed by atoms with Crippen LogP contribution in [-0.2, 0) is 11.2 Å². The lowest BCUT2D eigenvalue weighted by molar-refractivity contribution is -0.118. The molecule has 0 unspecified atom stereocenters. The number of carbonyl (C=O) groups is 1. The number of aromatic nitrogens is 1. The Kier molecular flexibility index (Phi) is 5.19. The monoisotopic (exact) mass is 356 g/mol. The molecule has 0 N–H and O–H groups in total. The maximum absolute atomic E-state index is 12.5. The van der Waals surface area contributed by atoms with E-state index in [1.54, 1.807) is 26.2 Å². The lowest BCUT2D eigenvalue weighted by atomic mass is 10.1. The van der Waals surface area contributed by atoms with Crippen LogP contribution in [0.25, 0.3) is 10.2 Å². The SMILES string of the molecule is COc1ccc(CCC(=O)N(C)c2nc3ccccc3s2)cc1OC. The Morgan fingerprint density at radius 2 is 1.88 bits per heavy atom. The number of ether oxygens (including phenoxy) is 2. The second-order valence-electron chi connectivity index (χ2n) is 5.61. The molecule has 1 heterocycles. The molecule has 25 heavy (non-hydrogen) atoms. The number of fused-ring (bicyclic) bond motifs is 1. The lowest BCUT2D eigenvalue weighted by Gasteiger charge is -2.14. The van der Waals surface area contributed by atoms with Crippen molar-refractivity contribution in [2.75, 3.05) is 26.2 Å². The summed E-state index contributed by atoms with van der Waals surface area (Å²) < 4.78 is 11.6. The summed E-state index contributed by atoms with van der Waals surface area (Å²) in [6, 6.07) is 13.6. The van der Waals surface area contributed by atoms with Crippen molar-refractivity contribution in [2.45, 2.75) is 12.8 Å². The van der Waals surface area contributed by atoms with E-state index in [0.29, 0.717) is 24.3 Å². The zero-order chi connectivity index (χ0) is 17.8. The van der Waals surface area contributed by atoms with E-state index < -0.39 is 0 Å². The molecule has 0 atom stereocenters. The second kappa shape index (κ2) is 7.53. The Hall–Kier alpha value is -2.60. The average Bonchev–Trinajstić information content (AvgIpc) is 3.09. The summed E-state index contributed by atoms with van der Waals surface area (Å²) in [5.41, 5.74) is 1.95. The van der Waals surface area contributed by atoms with Crippen LogP contribution in [-0.4, -0.2) is 32.2 Å². The van der Waals surface area contributed by atoms with Crippen molar-refractivity contribution in [3.8, 4) is 11.5 Å². The number of methoxy groups -OCH3 is 2. The largest absolute Gasteiger partial charge is 0.493 e. The van der Waals surface area contributed by atoms with Gasteiger partial charge in [-0.3, -0.25) is 9.69 Å². The molecule has 1 amide bonds. The van der Waals surface area contributed by atoms with Gasteiger partial charge < -0.3 is 9.47 Å². The van der Waals surface area contributed by atoms with E-state index in [9.17, 15) is 4.79 Å². The third-order valence-corrected chi connectivity index (χ3v) is 5.13. The lowest BCUT2D eigenvalue weighted by Crippen LogP contribution is -2.26. The molecule has 3 aromatic rings. The van der Waals surface area contributed by atoms with E-state index in [0.717, 1.165) is 20.9 Å². The van der Waals surface area contributed by atoms with E-state index in [1.165, 1.54) is 11.3 Å². The number of hydrogen-bond acceptors (Lipinski definition) is 5. The fraction of sp³-hybridized carbons (Fsp3) is 0.263. The van der Waals surface area contributed by atoms with Gasteiger partial charge in [0.25, 0.3) is 0 Å². The Morgan fingerprint density at radius 1 is 1.12 bits per heavy atom. The van der Waals surface area contributed by atoms with Crippen LogP contribution in [0, 0.1) is 0 Å². The maximum Gasteiger partial charge on any atom is 0.228 e. The normalized spacial score (nSPS) is 10.7. The molecule has 130 valence electrons. The van der Waals surface area contributed by atoms with Crippen LogP contribution in [0.5, 0.6) is 11.5 Å². The van der Waals surface area contributed by atoms with Crippen molar-refractivity contribution in [2.24, 2.45) is 0 Å². The fourth-order valence-corrected chi connectivity index (χ4v) is 3.51. The molecule has 0 radical (unpaired) electrons. The van der Waals surface area contributed by atoms with Gasteiger partial charge in [0.15, 0.2) is 16.6 Å². The van der Waals surface area contributed by atoms with Crippen molar-refractivity contribution in [1.29, 1.82) is 0 Å². The molecule has 0 aliphatic carbocycles. The molecule has 2 aromatic carbocycles. The van der Waals surface area contributed by atoms with Gasteiger partial charge in [0.2, 0.25) is 5.91 Å². The van der Waals surface area contributed by atoms with Crippen molar-refractivity contribution >= 4 is 32.6 Å². The van der Waals surface area contributed by atoms with Crippen LogP contribution in [0.1, 0.15) is 12.0 Å². The summed E-state index contributed by atoms with van der Waals surface area (Å²) >= 11 is 1.52. The van der Waals surface area contributed by atoms with Gasteiger partial charge in [-0.1, -0.05) is 29.5 Å². The van der Waals surface area contributed by atoms with E-state index in [1.807, 2.05) is 42.5 Å². The van der Waals surface area contributed by atoms with Gasteiger partial charge in [-0.15, -0.1) is 0 Å². The van der Waals surface area contributed by atoms with E-state index >= 15 is 0 Å². The number of para-hydroxylation sites is 1.